The molecule has 0 saturated carbocycles. The molecule has 2 aromatic rings. The highest BCUT2D eigenvalue weighted by Gasteiger charge is 2.22. The lowest BCUT2D eigenvalue weighted by Gasteiger charge is -2.34. The zero-order valence-electron chi connectivity index (χ0n) is 16.5. The van der Waals surface area contributed by atoms with Gasteiger partial charge in [0.1, 0.15) is 0 Å². The lowest BCUT2D eigenvalue weighted by molar-refractivity contribution is -0.127. The van der Waals surface area contributed by atoms with Crippen molar-refractivity contribution in [3.05, 3.63) is 71.8 Å². The first-order valence-corrected chi connectivity index (χ1v) is 9.92. The standard InChI is InChI=1S/C23H29N3O2/c1-19(27)22(16-20-8-4-2-5-9-20)24-23(28)18-26-14-12-25(13-15-26)17-21-10-6-3-7-11-21/h2-11,22H,12-18H2,1H3,(H,24,28)/t22-/m1/s1. The van der Waals surface area contributed by atoms with Crippen LogP contribution in [0.2, 0.25) is 0 Å². The molecule has 148 valence electrons. The Morgan fingerprint density at radius 3 is 1.96 bits per heavy atom. The van der Waals surface area contributed by atoms with Crippen molar-refractivity contribution in [2.75, 3.05) is 32.7 Å². The highest BCUT2D eigenvalue weighted by atomic mass is 16.2. The van der Waals surface area contributed by atoms with Gasteiger partial charge in [0.25, 0.3) is 0 Å². The van der Waals surface area contributed by atoms with E-state index < -0.39 is 6.04 Å². The lowest BCUT2D eigenvalue weighted by Crippen LogP contribution is -2.51. The quantitative estimate of drug-likeness (QED) is 0.763. The van der Waals surface area contributed by atoms with Gasteiger partial charge in [0, 0.05) is 32.7 Å². The molecule has 1 heterocycles. The maximum absolute atomic E-state index is 12.5. The number of amides is 1. The van der Waals surface area contributed by atoms with E-state index in [1.165, 1.54) is 12.5 Å². The van der Waals surface area contributed by atoms with Crippen LogP contribution >= 0.6 is 0 Å². The maximum atomic E-state index is 12.5. The van der Waals surface area contributed by atoms with E-state index in [0.29, 0.717) is 13.0 Å². The van der Waals surface area contributed by atoms with E-state index in [9.17, 15) is 9.59 Å². The number of carbonyl (C=O) groups excluding carboxylic acids is 2. The van der Waals surface area contributed by atoms with Crippen LogP contribution in [0.15, 0.2) is 60.7 Å². The third-order valence-corrected chi connectivity index (χ3v) is 5.19. The largest absolute Gasteiger partial charge is 0.345 e. The van der Waals surface area contributed by atoms with Gasteiger partial charge in [0.15, 0.2) is 5.78 Å². The predicted molar refractivity (Wildman–Crippen MR) is 111 cm³/mol. The van der Waals surface area contributed by atoms with Gasteiger partial charge in [-0.15, -0.1) is 0 Å². The summed E-state index contributed by atoms with van der Waals surface area (Å²) in [7, 11) is 0. The van der Waals surface area contributed by atoms with Crippen LogP contribution in [0.25, 0.3) is 0 Å². The van der Waals surface area contributed by atoms with Crippen LogP contribution < -0.4 is 5.32 Å². The molecular weight excluding hydrogens is 350 g/mol. The van der Waals surface area contributed by atoms with Crippen molar-refractivity contribution in [2.45, 2.75) is 25.9 Å². The molecule has 1 atom stereocenters. The number of benzene rings is 2. The first-order chi connectivity index (χ1) is 13.6. The molecule has 28 heavy (non-hydrogen) atoms. The second-order valence-electron chi connectivity index (χ2n) is 7.46. The zero-order chi connectivity index (χ0) is 19.8. The lowest BCUT2D eigenvalue weighted by atomic mass is 10.0. The fourth-order valence-electron chi connectivity index (χ4n) is 3.54. The number of ketones is 1. The summed E-state index contributed by atoms with van der Waals surface area (Å²) in [4.78, 5) is 29.0. The van der Waals surface area contributed by atoms with Crippen LogP contribution in [0.1, 0.15) is 18.1 Å². The molecule has 1 amide bonds. The van der Waals surface area contributed by atoms with E-state index in [2.05, 4.69) is 39.4 Å². The summed E-state index contributed by atoms with van der Waals surface area (Å²) >= 11 is 0. The SMILES string of the molecule is CC(=O)[C@@H](Cc1ccccc1)NC(=O)CN1CCN(Cc2ccccc2)CC1. The third kappa shape index (κ3) is 6.29. The second kappa shape index (κ2) is 10.2. The summed E-state index contributed by atoms with van der Waals surface area (Å²) in [5.41, 5.74) is 2.37. The smallest absolute Gasteiger partial charge is 0.234 e. The molecule has 0 aliphatic carbocycles. The van der Waals surface area contributed by atoms with Gasteiger partial charge in [-0.3, -0.25) is 19.4 Å². The predicted octanol–water partition coefficient (Wildman–Crippen LogP) is 2.12. The number of hydrogen-bond donors (Lipinski definition) is 1. The summed E-state index contributed by atoms with van der Waals surface area (Å²) in [5, 5.41) is 2.92. The van der Waals surface area contributed by atoms with Gasteiger partial charge in [-0.2, -0.15) is 0 Å². The van der Waals surface area contributed by atoms with Crippen LogP contribution in [0.3, 0.4) is 0 Å². The van der Waals surface area contributed by atoms with Gasteiger partial charge < -0.3 is 5.32 Å². The minimum atomic E-state index is -0.464. The van der Waals surface area contributed by atoms with Gasteiger partial charge >= 0.3 is 0 Å². The zero-order valence-corrected chi connectivity index (χ0v) is 16.5. The van der Waals surface area contributed by atoms with Crippen LogP contribution in [-0.2, 0) is 22.6 Å². The molecule has 1 aliphatic heterocycles. The van der Waals surface area contributed by atoms with Crippen molar-refractivity contribution in [1.29, 1.82) is 0 Å². The Morgan fingerprint density at radius 1 is 0.857 bits per heavy atom. The summed E-state index contributed by atoms with van der Waals surface area (Å²) in [6.45, 7) is 6.45. The summed E-state index contributed by atoms with van der Waals surface area (Å²) in [6, 6.07) is 19.8. The van der Waals surface area contributed by atoms with Crippen LogP contribution in [-0.4, -0.2) is 60.3 Å². The van der Waals surface area contributed by atoms with Crippen LogP contribution in [0.4, 0.5) is 0 Å². The van der Waals surface area contributed by atoms with E-state index in [0.717, 1.165) is 38.3 Å². The maximum Gasteiger partial charge on any atom is 0.234 e. The molecule has 0 unspecified atom stereocenters. The van der Waals surface area contributed by atoms with Crippen molar-refractivity contribution in [3.63, 3.8) is 0 Å². The number of hydrogen-bond acceptors (Lipinski definition) is 4. The van der Waals surface area contributed by atoms with E-state index >= 15 is 0 Å². The Bertz CT molecular complexity index is 756. The van der Waals surface area contributed by atoms with Gasteiger partial charge in [0.05, 0.1) is 12.6 Å². The molecule has 5 heteroatoms. The Morgan fingerprint density at radius 2 is 1.39 bits per heavy atom. The molecule has 0 spiro atoms. The number of Topliss-reactive ketones (excluding diaryl/α,β-unsaturated/α-hetero) is 1. The van der Waals surface area contributed by atoms with E-state index in [-0.39, 0.29) is 11.7 Å². The second-order valence-corrected chi connectivity index (χ2v) is 7.46. The van der Waals surface area contributed by atoms with Crippen molar-refractivity contribution < 1.29 is 9.59 Å². The fraction of sp³-hybridized carbons (Fsp3) is 0.391. The van der Waals surface area contributed by atoms with Crippen molar-refractivity contribution in [2.24, 2.45) is 0 Å². The number of nitrogens with one attached hydrogen (secondary N) is 1. The number of carbonyl (C=O) groups is 2. The van der Waals surface area contributed by atoms with Crippen LogP contribution in [0, 0.1) is 0 Å². The minimum Gasteiger partial charge on any atom is -0.345 e. The van der Waals surface area contributed by atoms with E-state index in [1.54, 1.807) is 0 Å². The number of nitrogens with zero attached hydrogens (tertiary/aromatic N) is 2. The number of piperazine rings is 1. The molecule has 0 radical (unpaired) electrons. The summed E-state index contributed by atoms with van der Waals surface area (Å²) in [6.07, 6.45) is 0.534. The first-order valence-electron chi connectivity index (χ1n) is 9.92. The molecule has 2 aromatic carbocycles. The molecule has 0 aromatic heterocycles. The normalized spacial score (nSPS) is 16.5. The molecule has 1 aliphatic rings. The highest BCUT2D eigenvalue weighted by molar-refractivity contribution is 5.88. The fourth-order valence-corrected chi connectivity index (χ4v) is 3.54. The molecule has 1 saturated heterocycles. The molecule has 1 N–H and O–H groups in total. The third-order valence-electron chi connectivity index (χ3n) is 5.19. The summed E-state index contributed by atoms with van der Waals surface area (Å²) < 4.78 is 0. The topological polar surface area (TPSA) is 52.7 Å². The highest BCUT2D eigenvalue weighted by Crippen LogP contribution is 2.09. The Hall–Kier alpha value is -2.50. The average Bonchev–Trinajstić information content (AvgIpc) is 2.70. The molecule has 1 fully saturated rings. The van der Waals surface area contributed by atoms with Gasteiger partial charge in [0.2, 0.25) is 5.91 Å². The van der Waals surface area contributed by atoms with Crippen molar-refractivity contribution in [1.82, 2.24) is 15.1 Å². The van der Waals surface area contributed by atoms with Gasteiger partial charge in [-0.25, -0.2) is 0 Å². The van der Waals surface area contributed by atoms with Crippen molar-refractivity contribution in [3.8, 4) is 0 Å². The van der Waals surface area contributed by atoms with Gasteiger partial charge in [-0.1, -0.05) is 60.7 Å². The van der Waals surface area contributed by atoms with E-state index in [1.807, 2.05) is 36.4 Å². The minimum absolute atomic E-state index is 0.00937. The molecule has 3 rings (SSSR count). The van der Waals surface area contributed by atoms with Crippen LogP contribution in [0.5, 0.6) is 0 Å². The Kier molecular flexibility index (Phi) is 7.34. The Labute approximate surface area is 167 Å². The molecule has 5 nitrogen and oxygen atoms in total. The molecular formula is C23H29N3O2. The monoisotopic (exact) mass is 379 g/mol. The van der Waals surface area contributed by atoms with E-state index in [4.69, 9.17) is 0 Å². The Balaban J connectivity index is 1.43. The van der Waals surface area contributed by atoms with Crippen molar-refractivity contribution >= 4 is 11.7 Å². The number of rotatable bonds is 8. The average molecular weight is 380 g/mol. The molecule has 0 bridgehead atoms. The first kappa shape index (κ1) is 20.2. The summed E-state index contributed by atoms with van der Waals surface area (Å²) in [5.74, 6) is -0.0856. The van der Waals surface area contributed by atoms with Gasteiger partial charge in [-0.05, 0) is 24.5 Å².